The van der Waals surface area contributed by atoms with Crippen LogP contribution in [0.3, 0.4) is 0 Å². The number of anilines is 1. The molecule has 142 valence electrons. The van der Waals surface area contributed by atoms with Crippen LogP contribution < -0.4 is 16.4 Å². The molecule has 0 aliphatic carbocycles. The van der Waals surface area contributed by atoms with Crippen molar-refractivity contribution in [2.75, 3.05) is 11.9 Å². The Kier molecular flexibility index (Phi) is 4.03. The van der Waals surface area contributed by atoms with Crippen LogP contribution in [0.25, 0.3) is 0 Å². The Labute approximate surface area is 156 Å². The van der Waals surface area contributed by atoms with Gasteiger partial charge in [-0.3, -0.25) is 24.1 Å². The van der Waals surface area contributed by atoms with Crippen molar-refractivity contribution in [1.82, 2.24) is 4.90 Å². The first-order valence-corrected chi connectivity index (χ1v) is 9.32. The number of rotatable bonds is 5. The number of imide groups is 1. The topological polar surface area (TPSA) is 126 Å². The van der Waals surface area contributed by atoms with Crippen molar-refractivity contribution in [3.63, 3.8) is 0 Å². The number of unbranched alkanes of at least 4 members (excludes halogenated alkanes) is 1. The minimum Gasteiger partial charge on any atom is -0.369 e. The van der Waals surface area contributed by atoms with Crippen molar-refractivity contribution in [2.24, 2.45) is 17.6 Å². The molecule has 2 saturated heterocycles. The second-order valence-corrected chi connectivity index (χ2v) is 7.55. The standard InChI is InChI=1S/C19H22N4O4/c1-2-3-8-23-16(25)14-12(9-13(20)24)22-19(15(14)17(23)26)10-6-4-5-7-11(10)21-18(19)27/h4-7,12,14-15,22H,2-3,8-9H2,1H3,(H2,20,24)(H,21,27)/p+1/t12-,14-,15+,19+/m1/s1. The monoisotopic (exact) mass is 371 g/mol. The average Bonchev–Trinajstić information content (AvgIpc) is 3.19. The van der Waals surface area contributed by atoms with Gasteiger partial charge >= 0.3 is 0 Å². The van der Waals surface area contributed by atoms with E-state index >= 15 is 0 Å². The van der Waals surface area contributed by atoms with E-state index in [1.807, 2.05) is 6.92 Å². The summed E-state index contributed by atoms with van der Waals surface area (Å²) in [5, 5.41) is 4.57. The fourth-order valence-electron chi connectivity index (χ4n) is 4.94. The van der Waals surface area contributed by atoms with Crippen molar-refractivity contribution >= 4 is 29.3 Å². The molecular weight excluding hydrogens is 348 g/mol. The number of nitrogens with two attached hydrogens (primary N) is 2. The van der Waals surface area contributed by atoms with Crippen molar-refractivity contribution in [2.45, 2.75) is 37.8 Å². The number of hydrogen-bond donors (Lipinski definition) is 3. The van der Waals surface area contributed by atoms with Crippen LogP contribution in [0.5, 0.6) is 0 Å². The van der Waals surface area contributed by atoms with Gasteiger partial charge in [-0.2, -0.15) is 0 Å². The first kappa shape index (κ1) is 17.7. The molecular formula is C19H23N4O4+. The Morgan fingerprint density at radius 3 is 2.70 bits per heavy atom. The lowest BCUT2D eigenvalue weighted by Gasteiger charge is -2.26. The molecule has 3 aliphatic heterocycles. The number of quaternary nitrogens is 1. The molecule has 1 aromatic rings. The van der Waals surface area contributed by atoms with Crippen LogP contribution in [0.15, 0.2) is 24.3 Å². The largest absolute Gasteiger partial charge is 0.369 e. The highest BCUT2D eigenvalue weighted by Gasteiger charge is 2.74. The normalized spacial score (nSPS) is 31.4. The minimum absolute atomic E-state index is 0.0565. The van der Waals surface area contributed by atoms with Crippen LogP contribution in [-0.2, 0) is 24.7 Å². The second kappa shape index (κ2) is 6.16. The number of likely N-dealkylation sites (tertiary alicyclic amines) is 1. The third-order valence-electron chi connectivity index (χ3n) is 6.04. The molecule has 8 heteroatoms. The van der Waals surface area contributed by atoms with Gasteiger partial charge < -0.3 is 16.4 Å². The first-order chi connectivity index (χ1) is 12.9. The number of benzene rings is 1. The summed E-state index contributed by atoms with van der Waals surface area (Å²) in [5.41, 5.74) is 5.50. The predicted molar refractivity (Wildman–Crippen MR) is 94.9 cm³/mol. The Bertz CT molecular complexity index is 854. The SMILES string of the molecule is CCCCN1C(=O)[C@H]2[C@@H](C1=O)[C@]1([NH2+][C@@H]2CC(N)=O)C(=O)Nc2ccccc21. The maximum absolute atomic E-state index is 13.2. The molecule has 4 amide bonds. The molecule has 27 heavy (non-hydrogen) atoms. The molecule has 5 N–H and O–H groups in total. The predicted octanol–water partition coefficient (Wildman–Crippen LogP) is -0.944. The van der Waals surface area contributed by atoms with Crippen LogP contribution in [0.4, 0.5) is 5.69 Å². The lowest BCUT2D eigenvalue weighted by Crippen LogP contribution is -2.99. The van der Waals surface area contributed by atoms with Crippen LogP contribution in [-0.4, -0.2) is 41.1 Å². The molecule has 2 fully saturated rings. The molecule has 0 bridgehead atoms. The number of fused-ring (bicyclic) bond motifs is 4. The van der Waals surface area contributed by atoms with E-state index < -0.39 is 29.3 Å². The van der Waals surface area contributed by atoms with Gasteiger partial charge in [0, 0.05) is 12.1 Å². The molecule has 4 rings (SSSR count). The lowest BCUT2D eigenvalue weighted by molar-refractivity contribution is -0.732. The number of nitrogens with zero attached hydrogens (tertiary/aromatic N) is 1. The highest BCUT2D eigenvalue weighted by atomic mass is 16.2. The molecule has 3 aliphatic rings. The summed E-state index contributed by atoms with van der Waals surface area (Å²) in [7, 11) is 0. The summed E-state index contributed by atoms with van der Waals surface area (Å²) in [5.74, 6) is -3.03. The molecule has 0 saturated carbocycles. The number of hydrogen-bond acceptors (Lipinski definition) is 4. The third kappa shape index (κ3) is 2.32. The summed E-state index contributed by atoms with van der Waals surface area (Å²) in [6.45, 7) is 2.32. The van der Waals surface area contributed by atoms with E-state index in [1.54, 1.807) is 29.6 Å². The zero-order valence-electron chi connectivity index (χ0n) is 15.1. The van der Waals surface area contributed by atoms with Gasteiger partial charge in [0.1, 0.15) is 17.9 Å². The van der Waals surface area contributed by atoms with Crippen LogP contribution >= 0.6 is 0 Å². The number of amides is 4. The van der Waals surface area contributed by atoms with E-state index in [1.165, 1.54) is 4.90 Å². The summed E-state index contributed by atoms with van der Waals surface area (Å²) in [6.07, 6.45) is 1.49. The third-order valence-corrected chi connectivity index (χ3v) is 6.04. The molecule has 1 aromatic carbocycles. The van der Waals surface area contributed by atoms with Crippen molar-refractivity contribution < 1.29 is 24.5 Å². The number of para-hydroxylation sites is 1. The van der Waals surface area contributed by atoms with Gasteiger partial charge in [0.2, 0.25) is 23.3 Å². The molecule has 0 unspecified atom stereocenters. The fourth-order valence-corrected chi connectivity index (χ4v) is 4.94. The Balaban J connectivity index is 1.83. The summed E-state index contributed by atoms with van der Waals surface area (Å²) < 4.78 is 0. The number of carbonyl (C=O) groups is 4. The molecule has 0 radical (unpaired) electrons. The van der Waals surface area contributed by atoms with E-state index in [0.717, 1.165) is 6.42 Å². The molecule has 8 nitrogen and oxygen atoms in total. The maximum atomic E-state index is 13.2. The highest BCUT2D eigenvalue weighted by molar-refractivity contribution is 6.14. The van der Waals surface area contributed by atoms with Gasteiger partial charge in [-0.15, -0.1) is 0 Å². The zero-order chi connectivity index (χ0) is 19.3. The molecule has 4 atom stereocenters. The highest BCUT2D eigenvalue weighted by Crippen LogP contribution is 2.49. The van der Waals surface area contributed by atoms with Gasteiger partial charge in [-0.05, 0) is 12.5 Å². The number of primary amides is 1. The summed E-state index contributed by atoms with van der Waals surface area (Å²) >= 11 is 0. The molecule has 0 aromatic heterocycles. The number of carbonyl (C=O) groups excluding carboxylic acids is 4. The van der Waals surface area contributed by atoms with Crippen molar-refractivity contribution in [1.29, 1.82) is 0 Å². The maximum Gasteiger partial charge on any atom is 0.291 e. The van der Waals surface area contributed by atoms with Gasteiger partial charge in [0.15, 0.2) is 0 Å². The minimum atomic E-state index is -1.23. The lowest BCUT2D eigenvalue weighted by atomic mass is 9.76. The van der Waals surface area contributed by atoms with E-state index in [9.17, 15) is 19.2 Å². The Hall–Kier alpha value is -2.74. The van der Waals surface area contributed by atoms with Crippen molar-refractivity contribution in [3.05, 3.63) is 29.8 Å². The van der Waals surface area contributed by atoms with Crippen LogP contribution in [0, 0.1) is 11.8 Å². The van der Waals surface area contributed by atoms with E-state index in [4.69, 9.17) is 5.73 Å². The van der Waals surface area contributed by atoms with Gasteiger partial charge in [0.25, 0.3) is 5.91 Å². The van der Waals surface area contributed by atoms with Gasteiger partial charge in [-0.25, -0.2) is 0 Å². The summed E-state index contributed by atoms with van der Waals surface area (Å²) in [6, 6.07) is 6.66. The van der Waals surface area contributed by atoms with Crippen LogP contribution in [0.2, 0.25) is 0 Å². The number of nitrogens with one attached hydrogen (secondary N) is 1. The van der Waals surface area contributed by atoms with Crippen LogP contribution in [0.1, 0.15) is 31.7 Å². The Morgan fingerprint density at radius 1 is 1.26 bits per heavy atom. The zero-order valence-corrected chi connectivity index (χ0v) is 15.1. The smallest absolute Gasteiger partial charge is 0.291 e. The molecule has 1 spiro atoms. The second-order valence-electron chi connectivity index (χ2n) is 7.55. The van der Waals surface area contributed by atoms with E-state index in [2.05, 4.69) is 5.32 Å². The van der Waals surface area contributed by atoms with Crippen molar-refractivity contribution in [3.8, 4) is 0 Å². The average molecular weight is 371 g/mol. The van der Waals surface area contributed by atoms with E-state index in [-0.39, 0.29) is 24.1 Å². The first-order valence-electron chi connectivity index (χ1n) is 9.32. The van der Waals surface area contributed by atoms with E-state index in [0.29, 0.717) is 24.2 Å². The quantitative estimate of drug-likeness (QED) is 0.577. The Morgan fingerprint density at radius 2 is 2.00 bits per heavy atom. The summed E-state index contributed by atoms with van der Waals surface area (Å²) in [4.78, 5) is 52.2. The fraction of sp³-hybridized carbons (Fsp3) is 0.474. The van der Waals surface area contributed by atoms with Gasteiger partial charge in [0.05, 0.1) is 12.1 Å². The molecule has 3 heterocycles. The van der Waals surface area contributed by atoms with Gasteiger partial charge in [-0.1, -0.05) is 31.5 Å².